The molecule has 1 aromatic carbocycles. The van der Waals surface area contributed by atoms with Gasteiger partial charge in [-0.25, -0.2) is 4.39 Å². The van der Waals surface area contributed by atoms with Crippen LogP contribution >= 0.6 is 0 Å². The van der Waals surface area contributed by atoms with E-state index in [9.17, 15) is 9.50 Å². The van der Waals surface area contributed by atoms with Crippen molar-refractivity contribution in [1.29, 1.82) is 0 Å². The third kappa shape index (κ3) is 3.03. The summed E-state index contributed by atoms with van der Waals surface area (Å²) in [7, 11) is 0. The molecule has 0 heterocycles. The van der Waals surface area contributed by atoms with Crippen molar-refractivity contribution in [3.05, 3.63) is 35.1 Å². The van der Waals surface area contributed by atoms with Gasteiger partial charge in [0.05, 0.1) is 6.10 Å². The molecular formula is C13H19FO2. The molecule has 0 saturated heterocycles. The van der Waals surface area contributed by atoms with Crippen molar-refractivity contribution in [1.82, 2.24) is 0 Å². The smallest absolute Gasteiger partial charge is 0.123 e. The lowest BCUT2D eigenvalue weighted by atomic mass is 9.98. The summed E-state index contributed by atoms with van der Waals surface area (Å²) in [4.78, 5) is 0. The van der Waals surface area contributed by atoms with Crippen LogP contribution in [0.5, 0.6) is 0 Å². The highest BCUT2D eigenvalue weighted by Gasteiger charge is 2.21. The molecule has 0 aromatic heterocycles. The topological polar surface area (TPSA) is 29.5 Å². The number of aliphatic hydroxyl groups excluding tert-OH is 1. The summed E-state index contributed by atoms with van der Waals surface area (Å²) >= 11 is 0. The Morgan fingerprint density at radius 2 is 2.06 bits per heavy atom. The van der Waals surface area contributed by atoms with Crippen LogP contribution in [0.2, 0.25) is 0 Å². The molecule has 1 N–H and O–H groups in total. The zero-order valence-electron chi connectivity index (χ0n) is 10.0. The van der Waals surface area contributed by atoms with Crippen molar-refractivity contribution < 1.29 is 14.2 Å². The van der Waals surface area contributed by atoms with Gasteiger partial charge in [-0.3, -0.25) is 0 Å². The van der Waals surface area contributed by atoms with Crippen LogP contribution in [-0.4, -0.2) is 17.8 Å². The minimum Gasteiger partial charge on any atom is -0.386 e. The average molecular weight is 226 g/mol. The maximum atomic E-state index is 12.9. The molecule has 3 heteroatoms. The Hall–Kier alpha value is -0.930. The molecule has 2 nitrogen and oxygen atoms in total. The Bertz CT molecular complexity index is 339. The van der Waals surface area contributed by atoms with E-state index >= 15 is 0 Å². The third-order valence-corrected chi connectivity index (χ3v) is 2.69. The van der Waals surface area contributed by atoms with Gasteiger partial charge in [-0.05, 0) is 43.5 Å². The van der Waals surface area contributed by atoms with E-state index in [0.29, 0.717) is 6.61 Å². The van der Waals surface area contributed by atoms with Crippen LogP contribution in [0.3, 0.4) is 0 Å². The van der Waals surface area contributed by atoms with Gasteiger partial charge in [0, 0.05) is 6.61 Å². The maximum Gasteiger partial charge on any atom is 0.123 e. The van der Waals surface area contributed by atoms with Gasteiger partial charge in [0.15, 0.2) is 0 Å². The zero-order chi connectivity index (χ0) is 12.1. The predicted molar refractivity (Wildman–Crippen MR) is 61.8 cm³/mol. The van der Waals surface area contributed by atoms with E-state index in [4.69, 9.17) is 4.74 Å². The Morgan fingerprint density at radius 3 is 2.56 bits per heavy atom. The molecule has 2 atom stereocenters. The number of benzene rings is 1. The number of rotatable bonds is 5. The summed E-state index contributed by atoms with van der Waals surface area (Å²) in [5.41, 5.74) is 1.49. The molecule has 16 heavy (non-hydrogen) atoms. The molecule has 0 saturated carbocycles. The number of hydrogen-bond donors (Lipinski definition) is 1. The standard InChI is InChI=1S/C13H19FO2/c1-4-12(16-5-2)13(15)11-7-6-10(14)8-9(11)3/h6-8,12-13,15H,4-5H2,1-3H3. The van der Waals surface area contributed by atoms with Gasteiger partial charge in [0.2, 0.25) is 0 Å². The van der Waals surface area contributed by atoms with Gasteiger partial charge in [-0.1, -0.05) is 13.0 Å². The molecule has 0 aliphatic rings. The van der Waals surface area contributed by atoms with Crippen molar-refractivity contribution in [2.75, 3.05) is 6.61 Å². The lowest BCUT2D eigenvalue weighted by Crippen LogP contribution is -2.22. The minimum absolute atomic E-state index is 0.228. The number of halogens is 1. The molecule has 0 spiro atoms. The third-order valence-electron chi connectivity index (χ3n) is 2.69. The highest BCUT2D eigenvalue weighted by atomic mass is 19.1. The fourth-order valence-electron chi connectivity index (χ4n) is 1.82. The normalized spacial score (nSPS) is 14.8. The second-order valence-electron chi connectivity index (χ2n) is 3.85. The van der Waals surface area contributed by atoms with Crippen molar-refractivity contribution in [3.8, 4) is 0 Å². The molecule has 0 aliphatic heterocycles. The van der Waals surface area contributed by atoms with E-state index < -0.39 is 6.10 Å². The molecule has 1 aromatic rings. The average Bonchev–Trinajstić information content (AvgIpc) is 2.25. The molecule has 1 rings (SSSR count). The molecule has 0 radical (unpaired) electrons. The fourth-order valence-corrected chi connectivity index (χ4v) is 1.82. The van der Waals surface area contributed by atoms with Crippen LogP contribution in [0, 0.1) is 12.7 Å². The summed E-state index contributed by atoms with van der Waals surface area (Å²) in [6.07, 6.45) is -0.189. The van der Waals surface area contributed by atoms with Gasteiger partial charge in [-0.15, -0.1) is 0 Å². The van der Waals surface area contributed by atoms with Crippen molar-refractivity contribution in [3.63, 3.8) is 0 Å². The lowest BCUT2D eigenvalue weighted by molar-refractivity contribution is -0.0358. The number of ether oxygens (including phenoxy) is 1. The quantitative estimate of drug-likeness (QED) is 0.836. The van der Waals surface area contributed by atoms with Gasteiger partial charge < -0.3 is 9.84 Å². The number of aliphatic hydroxyl groups is 1. The van der Waals surface area contributed by atoms with Crippen LogP contribution in [0.15, 0.2) is 18.2 Å². The molecule has 2 unspecified atom stereocenters. The maximum absolute atomic E-state index is 12.9. The van der Waals surface area contributed by atoms with E-state index in [0.717, 1.165) is 17.5 Å². The Morgan fingerprint density at radius 1 is 1.38 bits per heavy atom. The predicted octanol–water partition coefficient (Wildman–Crippen LogP) is 2.98. The lowest BCUT2D eigenvalue weighted by Gasteiger charge is -2.23. The summed E-state index contributed by atoms with van der Waals surface area (Å²) in [5.74, 6) is -0.280. The summed E-state index contributed by atoms with van der Waals surface area (Å²) in [6.45, 7) is 6.21. The van der Waals surface area contributed by atoms with E-state index in [1.54, 1.807) is 13.0 Å². The molecule has 90 valence electrons. The highest BCUT2D eigenvalue weighted by molar-refractivity contribution is 5.29. The fraction of sp³-hybridized carbons (Fsp3) is 0.538. The van der Waals surface area contributed by atoms with Crippen molar-refractivity contribution >= 4 is 0 Å². The van der Waals surface area contributed by atoms with Crippen molar-refractivity contribution in [2.45, 2.75) is 39.4 Å². The van der Waals surface area contributed by atoms with E-state index in [2.05, 4.69) is 0 Å². The zero-order valence-corrected chi connectivity index (χ0v) is 10.0. The molecule has 0 fully saturated rings. The van der Waals surface area contributed by atoms with Crippen molar-refractivity contribution in [2.24, 2.45) is 0 Å². The van der Waals surface area contributed by atoms with Crippen LogP contribution in [0.25, 0.3) is 0 Å². The Kier molecular flexibility index (Phi) is 4.90. The van der Waals surface area contributed by atoms with E-state index in [1.165, 1.54) is 12.1 Å². The minimum atomic E-state index is -0.689. The monoisotopic (exact) mass is 226 g/mol. The molecular weight excluding hydrogens is 207 g/mol. The van der Waals surface area contributed by atoms with Crippen LogP contribution in [0.1, 0.15) is 37.5 Å². The van der Waals surface area contributed by atoms with E-state index in [1.807, 2.05) is 13.8 Å². The Labute approximate surface area is 96.1 Å². The second kappa shape index (κ2) is 5.97. The largest absolute Gasteiger partial charge is 0.386 e. The van der Waals surface area contributed by atoms with Crippen LogP contribution < -0.4 is 0 Å². The van der Waals surface area contributed by atoms with E-state index in [-0.39, 0.29) is 11.9 Å². The summed E-state index contributed by atoms with van der Waals surface area (Å²) < 4.78 is 18.4. The molecule has 0 aliphatic carbocycles. The first-order valence-electron chi connectivity index (χ1n) is 5.65. The van der Waals surface area contributed by atoms with Gasteiger partial charge in [-0.2, -0.15) is 0 Å². The first-order valence-corrected chi connectivity index (χ1v) is 5.65. The SMILES string of the molecule is CCOC(CC)C(O)c1ccc(F)cc1C. The van der Waals surface area contributed by atoms with Gasteiger partial charge in [0.25, 0.3) is 0 Å². The molecule has 0 bridgehead atoms. The number of hydrogen-bond acceptors (Lipinski definition) is 2. The van der Waals surface area contributed by atoms with Gasteiger partial charge >= 0.3 is 0 Å². The molecule has 0 amide bonds. The van der Waals surface area contributed by atoms with Crippen LogP contribution in [0.4, 0.5) is 4.39 Å². The Balaban J connectivity index is 2.89. The van der Waals surface area contributed by atoms with Gasteiger partial charge in [0.1, 0.15) is 11.9 Å². The van der Waals surface area contributed by atoms with Crippen LogP contribution in [-0.2, 0) is 4.74 Å². The first-order chi connectivity index (χ1) is 7.60. The second-order valence-corrected chi connectivity index (χ2v) is 3.85. The highest BCUT2D eigenvalue weighted by Crippen LogP contribution is 2.24. The number of aryl methyl sites for hydroxylation is 1. The first kappa shape index (κ1) is 13.1. The summed E-state index contributed by atoms with van der Waals surface area (Å²) in [5, 5.41) is 10.1. The summed E-state index contributed by atoms with van der Waals surface area (Å²) in [6, 6.07) is 4.42.